The second-order valence-corrected chi connectivity index (χ2v) is 7.54. The van der Waals surface area contributed by atoms with E-state index in [2.05, 4.69) is 5.10 Å². The zero-order chi connectivity index (χ0) is 21.8. The Morgan fingerprint density at radius 1 is 1.00 bits per heavy atom. The molecule has 0 spiro atoms. The fourth-order valence-corrected chi connectivity index (χ4v) is 3.63. The first-order valence-corrected chi connectivity index (χ1v) is 10.2. The maximum atomic E-state index is 13.2. The number of rotatable bonds is 4. The second kappa shape index (κ2) is 9.14. The molecule has 0 N–H and O–H groups in total. The number of halogens is 2. The molecule has 0 bridgehead atoms. The van der Waals surface area contributed by atoms with Crippen LogP contribution in [0.2, 0.25) is 5.02 Å². The Balaban J connectivity index is 1.33. The summed E-state index contributed by atoms with van der Waals surface area (Å²) in [4.78, 5) is 28.5. The van der Waals surface area contributed by atoms with Gasteiger partial charge in [-0.15, -0.1) is 0 Å². The first kappa shape index (κ1) is 20.8. The Morgan fingerprint density at radius 2 is 1.71 bits per heavy atom. The van der Waals surface area contributed by atoms with Gasteiger partial charge in [0.15, 0.2) is 0 Å². The molecule has 0 saturated carbocycles. The van der Waals surface area contributed by atoms with Crippen LogP contribution in [-0.2, 0) is 4.79 Å². The quantitative estimate of drug-likeness (QED) is 0.584. The van der Waals surface area contributed by atoms with E-state index >= 15 is 0 Å². The highest BCUT2D eigenvalue weighted by molar-refractivity contribution is 6.33. The molecule has 4 rings (SSSR count). The lowest BCUT2D eigenvalue weighted by molar-refractivity contribution is -0.127. The van der Waals surface area contributed by atoms with Gasteiger partial charge >= 0.3 is 0 Å². The van der Waals surface area contributed by atoms with E-state index in [-0.39, 0.29) is 22.4 Å². The lowest BCUT2D eigenvalue weighted by Gasteiger charge is -2.34. The van der Waals surface area contributed by atoms with Gasteiger partial charge in [-0.05, 0) is 36.4 Å². The monoisotopic (exact) mass is 438 g/mol. The first-order valence-electron chi connectivity index (χ1n) is 9.83. The highest BCUT2D eigenvalue weighted by Gasteiger charge is 2.25. The predicted octanol–water partition coefficient (Wildman–Crippen LogP) is 3.66. The number of nitrogens with zero attached hydrogens (tertiary/aromatic N) is 4. The zero-order valence-corrected chi connectivity index (χ0v) is 17.4. The third kappa shape index (κ3) is 4.83. The van der Waals surface area contributed by atoms with Crippen molar-refractivity contribution in [2.45, 2.75) is 0 Å². The van der Waals surface area contributed by atoms with Gasteiger partial charge in [0, 0.05) is 44.0 Å². The van der Waals surface area contributed by atoms with Gasteiger partial charge in [-0.3, -0.25) is 9.59 Å². The molecule has 1 aromatic heterocycles. The van der Waals surface area contributed by atoms with Crippen molar-refractivity contribution in [3.05, 3.63) is 89.0 Å². The largest absolute Gasteiger partial charge is 0.336 e. The molecule has 1 aliphatic rings. The van der Waals surface area contributed by atoms with Crippen molar-refractivity contribution in [3.8, 4) is 5.69 Å². The van der Waals surface area contributed by atoms with Crippen molar-refractivity contribution < 1.29 is 14.0 Å². The van der Waals surface area contributed by atoms with Gasteiger partial charge in [0.05, 0.1) is 22.5 Å². The number of hydrogen-bond donors (Lipinski definition) is 0. The van der Waals surface area contributed by atoms with E-state index in [1.54, 1.807) is 26.8 Å². The topological polar surface area (TPSA) is 58.4 Å². The molecule has 1 aliphatic heterocycles. The SMILES string of the molecule is O=C(/C=C/c1cnn(-c2ccccc2)c1)N1CCN(C(=O)c2ccc(F)cc2Cl)CC1. The van der Waals surface area contributed by atoms with E-state index in [0.29, 0.717) is 26.2 Å². The van der Waals surface area contributed by atoms with Crippen LogP contribution in [0, 0.1) is 5.82 Å². The Labute approximate surface area is 184 Å². The van der Waals surface area contributed by atoms with E-state index in [1.807, 2.05) is 36.5 Å². The minimum absolute atomic E-state index is 0.0856. The molecular weight excluding hydrogens is 419 g/mol. The number of carbonyl (C=O) groups excluding carboxylic acids is 2. The van der Waals surface area contributed by atoms with Crippen molar-refractivity contribution in [3.63, 3.8) is 0 Å². The summed E-state index contributed by atoms with van der Waals surface area (Å²) in [6.45, 7) is 1.60. The molecular formula is C23H20ClFN4O2. The first-order chi connectivity index (χ1) is 15.0. The smallest absolute Gasteiger partial charge is 0.255 e. The summed E-state index contributed by atoms with van der Waals surface area (Å²) in [5, 5.41) is 4.40. The molecule has 0 radical (unpaired) electrons. The van der Waals surface area contributed by atoms with E-state index < -0.39 is 5.82 Å². The third-order valence-corrected chi connectivity index (χ3v) is 5.39. The summed E-state index contributed by atoms with van der Waals surface area (Å²) in [7, 11) is 0. The predicted molar refractivity (Wildman–Crippen MR) is 116 cm³/mol. The second-order valence-electron chi connectivity index (χ2n) is 7.13. The van der Waals surface area contributed by atoms with Crippen LogP contribution in [0.4, 0.5) is 4.39 Å². The van der Waals surface area contributed by atoms with Gasteiger partial charge in [-0.25, -0.2) is 9.07 Å². The lowest BCUT2D eigenvalue weighted by Crippen LogP contribution is -2.50. The number of hydrogen-bond acceptors (Lipinski definition) is 3. The summed E-state index contributed by atoms with van der Waals surface area (Å²) in [5.41, 5.74) is 2.02. The van der Waals surface area contributed by atoms with Gasteiger partial charge in [-0.2, -0.15) is 5.10 Å². The lowest BCUT2D eigenvalue weighted by atomic mass is 10.1. The van der Waals surface area contributed by atoms with Gasteiger partial charge in [0.2, 0.25) is 5.91 Å². The zero-order valence-electron chi connectivity index (χ0n) is 16.6. The third-order valence-electron chi connectivity index (χ3n) is 5.08. The molecule has 2 amide bonds. The molecule has 0 unspecified atom stereocenters. The van der Waals surface area contributed by atoms with E-state index in [1.165, 1.54) is 18.2 Å². The highest BCUT2D eigenvalue weighted by Crippen LogP contribution is 2.20. The molecule has 2 heterocycles. The number of benzene rings is 2. The van der Waals surface area contributed by atoms with Gasteiger partial charge in [0.1, 0.15) is 5.82 Å². The minimum Gasteiger partial charge on any atom is -0.336 e. The Bertz CT molecular complexity index is 1120. The average Bonchev–Trinajstić information content (AvgIpc) is 3.27. The summed E-state index contributed by atoms with van der Waals surface area (Å²) >= 11 is 6.00. The molecule has 0 aliphatic carbocycles. The van der Waals surface area contributed by atoms with Crippen LogP contribution in [0.25, 0.3) is 11.8 Å². The van der Waals surface area contributed by atoms with Gasteiger partial charge in [0.25, 0.3) is 5.91 Å². The Kier molecular flexibility index (Phi) is 6.13. The van der Waals surface area contributed by atoms with Crippen molar-refractivity contribution in [1.29, 1.82) is 0 Å². The van der Waals surface area contributed by atoms with Crippen LogP contribution in [0.15, 0.2) is 67.0 Å². The van der Waals surface area contributed by atoms with Crippen molar-refractivity contribution in [2.24, 2.45) is 0 Å². The van der Waals surface area contributed by atoms with E-state index in [0.717, 1.165) is 17.3 Å². The van der Waals surface area contributed by atoms with E-state index in [9.17, 15) is 14.0 Å². The molecule has 31 heavy (non-hydrogen) atoms. The molecule has 8 heteroatoms. The van der Waals surface area contributed by atoms with E-state index in [4.69, 9.17) is 11.6 Å². The fraction of sp³-hybridized carbons (Fsp3) is 0.174. The van der Waals surface area contributed by atoms with Crippen LogP contribution < -0.4 is 0 Å². The number of aromatic nitrogens is 2. The molecule has 6 nitrogen and oxygen atoms in total. The summed E-state index contributed by atoms with van der Waals surface area (Å²) < 4.78 is 15.0. The summed E-state index contributed by atoms with van der Waals surface area (Å²) in [5.74, 6) is -0.876. The van der Waals surface area contributed by atoms with Gasteiger partial charge < -0.3 is 9.80 Å². The molecule has 158 valence electrons. The van der Waals surface area contributed by atoms with Crippen LogP contribution in [0.5, 0.6) is 0 Å². The number of piperazine rings is 1. The van der Waals surface area contributed by atoms with Crippen molar-refractivity contribution in [2.75, 3.05) is 26.2 Å². The normalized spacial score (nSPS) is 14.3. The Morgan fingerprint density at radius 3 is 2.42 bits per heavy atom. The van der Waals surface area contributed by atoms with Crippen LogP contribution in [0.3, 0.4) is 0 Å². The van der Waals surface area contributed by atoms with Crippen LogP contribution in [-0.4, -0.2) is 57.6 Å². The molecule has 1 fully saturated rings. The number of amides is 2. The molecule has 1 saturated heterocycles. The van der Waals surface area contributed by atoms with Crippen LogP contribution in [0.1, 0.15) is 15.9 Å². The number of carbonyl (C=O) groups is 2. The Hall–Kier alpha value is -3.45. The minimum atomic E-state index is -0.488. The average molecular weight is 439 g/mol. The van der Waals surface area contributed by atoms with Crippen molar-refractivity contribution >= 4 is 29.5 Å². The number of para-hydroxylation sites is 1. The summed E-state index contributed by atoms with van der Waals surface area (Å²) in [6, 6.07) is 13.4. The fourth-order valence-electron chi connectivity index (χ4n) is 3.38. The summed E-state index contributed by atoms with van der Waals surface area (Å²) in [6.07, 6.45) is 6.78. The standard InChI is InChI=1S/C23H20ClFN4O2/c24-21-14-18(25)7-8-20(21)23(31)28-12-10-27(11-13-28)22(30)9-6-17-15-26-29(16-17)19-4-2-1-3-5-19/h1-9,14-16H,10-13H2/b9-6+. The molecule has 0 atom stereocenters. The molecule has 3 aromatic rings. The van der Waals surface area contributed by atoms with Gasteiger partial charge in [-0.1, -0.05) is 29.8 Å². The highest BCUT2D eigenvalue weighted by atomic mass is 35.5. The van der Waals surface area contributed by atoms with Crippen molar-refractivity contribution in [1.82, 2.24) is 19.6 Å². The molecule has 2 aromatic carbocycles. The maximum absolute atomic E-state index is 13.2. The maximum Gasteiger partial charge on any atom is 0.255 e. The van der Waals surface area contributed by atoms with Crippen LogP contribution >= 0.6 is 11.6 Å².